The second-order valence-electron chi connectivity index (χ2n) is 6.97. The Kier molecular flexibility index (Phi) is 4.30. The van der Waals surface area contributed by atoms with Gasteiger partial charge in [-0.25, -0.2) is 14.3 Å². The molecular weight excluding hydrogens is 372 g/mol. The summed E-state index contributed by atoms with van der Waals surface area (Å²) in [5.41, 5.74) is 3.92. The van der Waals surface area contributed by atoms with Crippen LogP contribution in [0.5, 0.6) is 0 Å². The van der Waals surface area contributed by atoms with Crippen molar-refractivity contribution in [3.63, 3.8) is 0 Å². The summed E-state index contributed by atoms with van der Waals surface area (Å²) >= 11 is 0. The van der Waals surface area contributed by atoms with Crippen LogP contribution >= 0.6 is 0 Å². The lowest BCUT2D eigenvalue weighted by Gasteiger charge is -2.25. The van der Waals surface area contributed by atoms with Gasteiger partial charge in [-0.1, -0.05) is 37.3 Å². The van der Waals surface area contributed by atoms with Crippen molar-refractivity contribution >= 4 is 23.5 Å². The summed E-state index contributed by atoms with van der Waals surface area (Å²) in [6.45, 7) is 5.47. The van der Waals surface area contributed by atoms with Gasteiger partial charge in [-0.15, -0.1) is 0 Å². The lowest BCUT2D eigenvalue weighted by atomic mass is 9.87. The van der Waals surface area contributed by atoms with E-state index < -0.39 is 23.4 Å². The maximum absolute atomic E-state index is 13.1. The third-order valence-corrected chi connectivity index (χ3v) is 5.12. The number of hydrazine groups is 1. The molecule has 0 aliphatic carbocycles. The molecule has 1 saturated heterocycles. The molecule has 1 fully saturated rings. The average Bonchev–Trinajstić information content (AvgIpc) is 3.23. The number of benzene rings is 1. The van der Waals surface area contributed by atoms with E-state index in [-0.39, 0.29) is 5.56 Å². The summed E-state index contributed by atoms with van der Waals surface area (Å²) in [4.78, 5) is 42.9. The highest BCUT2D eigenvalue weighted by atomic mass is 16.2. The first-order valence-corrected chi connectivity index (χ1v) is 9.22. The highest BCUT2D eigenvalue weighted by Gasteiger charge is 2.52. The number of fused-ring (bicyclic) bond motifs is 1. The fourth-order valence-corrected chi connectivity index (χ4v) is 3.63. The highest BCUT2D eigenvalue weighted by molar-refractivity contribution is 6.10. The quantitative estimate of drug-likeness (QED) is 0.659. The molecule has 3 heterocycles. The van der Waals surface area contributed by atoms with Gasteiger partial charge < -0.3 is 5.32 Å². The fraction of sp³-hybridized carbons (Fsp3) is 0.250. The Balaban J connectivity index is 1.66. The normalized spacial score (nSPS) is 18.9. The Morgan fingerprint density at radius 3 is 2.62 bits per heavy atom. The minimum atomic E-state index is -1.22. The summed E-state index contributed by atoms with van der Waals surface area (Å²) in [6, 6.07) is 10.1. The van der Waals surface area contributed by atoms with Crippen LogP contribution in [0.2, 0.25) is 0 Å². The molecule has 1 aliphatic rings. The van der Waals surface area contributed by atoms with E-state index in [1.165, 1.54) is 10.7 Å². The van der Waals surface area contributed by atoms with E-state index in [1.54, 1.807) is 31.2 Å². The molecule has 1 aliphatic heterocycles. The molecule has 148 valence electrons. The van der Waals surface area contributed by atoms with Gasteiger partial charge in [-0.2, -0.15) is 10.1 Å². The van der Waals surface area contributed by atoms with E-state index in [2.05, 4.69) is 20.8 Å². The molecule has 9 heteroatoms. The van der Waals surface area contributed by atoms with E-state index in [0.29, 0.717) is 17.6 Å². The first kappa shape index (κ1) is 18.6. The van der Waals surface area contributed by atoms with Crippen LogP contribution in [0.1, 0.15) is 40.7 Å². The number of hydrogen-bond acceptors (Lipinski definition) is 5. The van der Waals surface area contributed by atoms with Crippen LogP contribution in [0.4, 0.5) is 4.79 Å². The number of rotatable bonds is 4. The molecule has 0 saturated carbocycles. The Morgan fingerprint density at radius 2 is 1.93 bits per heavy atom. The largest absolute Gasteiger partial charge is 0.344 e. The van der Waals surface area contributed by atoms with Crippen molar-refractivity contribution in [2.24, 2.45) is 0 Å². The standard InChI is InChI=1S/C20H20N6O3/c1-4-20(14-8-6-5-7-9-14)18(28)26(19(29)23-20)24-17(27)15-11-21-25-13(3)10-12(2)22-16(15)25/h5-11H,4H2,1-3H3,(H,23,29)(H,24,27)/t20-/m1/s1. The van der Waals surface area contributed by atoms with Crippen LogP contribution in [0.3, 0.4) is 0 Å². The van der Waals surface area contributed by atoms with Crippen LogP contribution in [0.25, 0.3) is 5.65 Å². The van der Waals surface area contributed by atoms with Crippen LogP contribution in [0, 0.1) is 13.8 Å². The van der Waals surface area contributed by atoms with Gasteiger partial charge in [0.25, 0.3) is 11.8 Å². The van der Waals surface area contributed by atoms with Gasteiger partial charge in [0.15, 0.2) is 5.65 Å². The second-order valence-corrected chi connectivity index (χ2v) is 6.97. The maximum atomic E-state index is 13.1. The number of imide groups is 1. The van der Waals surface area contributed by atoms with Crippen LogP contribution < -0.4 is 10.7 Å². The molecule has 0 bridgehead atoms. The van der Waals surface area contributed by atoms with Gasteiger partial charge in [-0.05, 0) is 31.9 Å². The Bertz CT molecular complexity index is 1140. The Hall–Kier alpha value is -3.75. The predicted molar refractivity (Wildman–Crippen MR) is 104 cm³/mol. The lowest BCUT2D eigenvalue weighted by molar-refractivity contribution is -0.133. The van der Waals surface area contributed by atoms with Gasteiger partial charge in [0.2, 0.25) is 0 Å². The zero-order chi connectivity index (χ0) is 20.8. The van der Waals surface area contributed by atoms with E-state index in [9.17, 15) is 14.4 Å². The minimum Gasteiger partial charge on any atom is -0.318 e. The number of carbonyl (C=O) groups is 3. The molecule has 4 amide bonds. The molecule has 1 aromatic carbocycles. The van der Waals surface area contributed by atoms with Gasteiger partial charge in [0, 0.05) is 11.4 Å². The Morgan fingerprint density at radius 1 is 1.21 bits per heavy atom. The molecule has 0 unspecified atom stereocenters. The SMILES string of the molecule is CC[C@]1(c2ccccc2)NC(=O)N(NC(=O)c2cnn3c(C)cc(C)nc23)C1=O. The number of nitrogens with one attached hydrogen (secondary N) is 2. The lowest BCUT2D eigenvalue weighted by Crippen LogP contribution is -2.48. The predicted octanol–water partition coefficient (Wildman–Crippen LogP) is 1.85. The molecule has 3 aromatic rings. The summed E-state index contributed by atoms with van der Waals surface area (Å²) in [5.74, 6) is -1.18. The first-order valence-electron chi connectivity index (χ1n) is 9.22. The number of amides is 4. The third kappa shape index (κ3) is 2.82. The molecule has 4 rings (SSSR count). The number of aryl methyl sites for hydroxylation is 2. The average molecular weight is 392 g/mol. The number of nitrogens with zero attached hydrogens (tertiary/aromatic N) is 4. The van der Waals surface area contributed by atoms with Crippen LogP contribution in [0.15, 0.2) is 42.6 Å². The molecule has 9 nitrogen and oxygen atoms in total. The van der Waals surface area contributed by atoms with Crippen molar-refractivity contribution in [2.75, 3.05) is 0 Å². The van der Waals surface area contributed by atoms with Crippen molar-refractivity contribution in [2.45, 2.75) is 32.7 Å². The molecule has 29 heavy (non-hydrogen) atoms. The van der Waals surface area contributed by atoms with E-state index in [1.807, 2.05) is 26.0 Å². The zero-order valence-corrected chi connectivity index (χ0v) is 16.3. The second kappa shape index (κ2) is 6.69. The topological polar surface area (TPSA) is 109 Å². The van der Waals surface area contributed by atoms with Gasteiger partial charge in [0.1, 0.15) is 11.1 Å². The molecule has 2 aromatic heterocycles. The summed E-state index contributed by atoms with van der Waals surface area (Å²) in [5, 5.41) is 7.63. The summed E-state index contributed by atoms with van der Waals surface area (Å²) in [7, 11) is 0. The number of carbonyl (C=O) groups excluding carboxylic acids is 3. The van der Waals surface area contributed by atoms with E-state index in [4.69, 9.17) is 0 Å². The first-order chi connectivity index (χ1) is 13.9. The van der Waals surface area contributed by atoms with Crippen molar-refractivity contribution < 1.29 is 14.4 Å². The number of urea groups is 1. The van der Waals surface area contributed by atoms with Gasteiger partial charge in [0.05, 0.1) is 6.20 Å². The summed E-state index contributed by atoms with van der Waals surface area (Å²) < 4.78 is 1.54. The smallest absolute Gasteiger partial charge is 0.318 e. The zero-order valence-electron chi connectivity index (χ0n) is 16.3. The highest BCUT2D eigenvalue weighted by Crippen LogP contribution is 2.31. The number of aromatic nitrogens is 3. The molecular formula is C20H20N6O3. The molecule has 0 spiro atoms. The van der Waals surface area contributed by atoms with Gasteiger partial charge in [-0.3, -0.25) is 15.0 Å². The van der Waals surface area contributed by atoms with Crippen molar-refractivity contribution in [3.8, 4) is 0 Å². The molecule has 2 N–H and O–H groups in total. The van der Waals surface area contributed by atoms with Crippen molar-refractivity contribution in [3.05, 3.63) is 65.1 Å². The van der Waals surface area contributed by atoms with E-state index >= 15 is 0 Å². The van der Waals surface area contributed by atoms with E-state index in [0.717, 1.165) is 16.4 Å². The van der Waals surface area contributed by atoms with Gasteiger partial charge >= 0.3 is 6.03 Å². The van der Waals surface area contributed by atoms with Crippen molar-refractivity contribution in [1.29, 1.82) is 0 Å². The number of hydrogen-bond donors (Lipinski definition) is 2. The van der Waals surface area contributed by atoms with Crippen LogP contribution in [-0.2, 0) is 10.3 Å². The van der Waals surface area contributed by atoms with Crippen LogP contribution in [-0.4, -0.2) is 37.5 Å². The summed E-state index contributed by atoms with van der Waals surface area (Å²) in [6.07, 6.45) is 1.71. The third-order valence-electron chi connectivity index (χ3n) is 5.12. The minimum absolute atomic E-state index is 0.172. The van der Waals surface area contributed by atoms with Crippen molar-refractivity contribution in [1.82, 2.24) is 30.3 Å². The molecule has 0 radical (unpaired) electrons. The molecule has 1 atom stereocenters. The fourth-order valence-electron chi connectivity index (χ4n) is 3.63. The Labute approximate surface area is 166 Å². The monoisotopic (exact) mass is 392 g/mol. The maximum Gasteiger partial charge on any atom is 0.344 e.